The third-order valence-corrected chi connectivity index (χ3v) is 15.6. The van der Waals surface area contributed by atoms with E-state index in [0.29, 0.717) is 62.2 Å². The van der Waals surface area contributed by atoms with Gasteiger partial charge < -0.3 is 23.7 Å². The first-order chi connectivity index (χ1) is 30.7. The first kappa shape index (κ1) is 45.9. The van der Waals surface area contributed by atoms with Gasteiger partial charge in [-0.2, -0.15) is 4.98 Å². The molecule has 0 spiro atoms. The Hall–Kier alpha value is -5.68. The van der Waals surface area contributed by atoms with E-state index in [4.69, 9.17) is 28.8 Å². The average molecular weight is 925 g/mol. The molecule has 0 unspecified atom stereocenters. The van der Waals surface area contributed by atoms with Crippen LogP contribution in [0.4, 0.5) is 0 Å². The number of thiazole rings is 1. The molecular weight excluding hydrogens is 869 g/mol. The normalized spacial score (nSPS) is 21.4. The number of likely N-dealkylation sites (tertiary alicyclic amines) is 1. The van der Waals surface area contributed by atoms with Crippen molar-refractivity contribution >= 4 is 66.9 Å². The number of Topliss-reactive ketones (excluding diaryl/α,β-unsaturated/α-hetero) is 1. The molecule has 1 saturated heterocycles. The second-order valence-corrected chi connectivity index (χ2v) is 22.2. The maximum absolute atomic E-state index is 15.2. The van der Waals surface area contributed by atoms with Crippen LogP contribution in [0.15, 0.2) is 65.6 Å². The van der Waals surface area contributed by atoms with E-state index in [1.807, 2.05) is 83.1 Å². The number of allylic oxidation sites excluding steroid dienone is 1. The van der Waals surface area contributed by atoms with Crippen LogP contribution in [-0.4, -0.2) is 101 Å². The second-order valence-electron chi connectivity index (χ2n) is 19.2. The Morgan fingerprint density at radius 2 is 1.77 bits per heavy atom. The van der Waals surface area contributed by atoms with E-state index in [1.54, 1.807) is 32.0 Å². The predicted octanol–water partition coefficient (Wildman–Crippen LogP) is 7.31. The van der Waals surface area contributed by atoms with E-state index in [-0.39, 0.29) is 56.0 Å². The Kier molecular flexibility index (Phi) is 12.2. The van der Waals surface area contributed by atoms with Crippen LogP contribution in [0.1, 0.15) is 87.1 Å². The summed E-state index contributed by atoms with van der Waals surface area (Å²) in [6.07, 6.45) is 1.94. The number of rotatable bonds is 16. The van der Waals surface area contributed by atoms with E-state index in [2.05, 4.69) is 11.3 Å². The van der Waals surface area contributed by atoms with E-state index in [9.17, 15) is 22.8 Å². The van der Waals surface area contributed by atoms with Gasteiger partial charge in [-0.3, -0.25) is 23.9 Å². The Morgan fingerprint density at radius 3 is 2.40 bits per heavy atom. The quantitative estimate of drug-likeness (QED) is 0.0973. The molecule has 5 aromatic rings. The van der Waals surface area contributed by atoms with Crippen LogP contribution in [0.25, 0.3) is 33.5 Å². The average Bonchev–Trinajstić information content (AvgIpc) is 4.11. The molecule has 4 heterocycles. The number of hydrogen-bond donors (Lipinski definition) is 1. The Labute approximate surface area is 383 Å². The van der Waals surface area contributed by atoms with Gasteiger partial charge in [-0.15, -0.1) is 17.9 Å². The van der Waals surface area contributed by atoms with E-state index < -0.39 is 61.8 Å². The van der Waals surface area contributed by atoms with Crippen LogP contribution in [-0.2, 0) is 30.8 Å². The number of hydrogen-bond acceptors (Lipinski definition) is 13. The van der Waals surface area contributed by atoms with Crippen molar-refractivity contribution in [3.63, 3.8) is 0 Å². The highest BCUT2D eigenvalue weighted by Gasteiger charge is 2.61. The van der Waals surface area contributed by atoms with Crippen LogP contribution in [0.2, 0.25) is 0 Å². The molecule has 3 aromatic heterocycles. The number of sulfonamides is 1. The summed E-state index contributed by atoms with van der Waals surface area (Å²) in [4.78, 5) is 74.9. The summed E-state index contributed by atoms with van der Waals surface area (Å²) in [7, 11) is -0.551. The highest BCUT2D eigenvalue weighted by molar-refractivity contribution is 7.90. The highest BCUT2D eigenvalue weighted by atomic mass is 32.2. The number of ketones is 1. The number of benzene rings is 2. The molecule has 17 heteroatoms. The van der Waals surface area contributed by atoms with Gasteiger partial charge in [0.2, 0.25) is 27.4 Å². The number of fused-ring (bicyclic) bond motifs is 3. The van der Waals surface area contributed by atoms with Gasteiger partial charge in [0, 0.05) is 50.2 Å². The lowest BCUT2D eigenvalue weighted by molar-refractivity contribution is -0.144. The lowest BCUT2D eigenvalue weighted by atomic mass is 9.77. The number of carbonyl (C=O) groups is 4. The lowest BCUT2D eigenvalue weighted by Gasteiger charge is -2.35. The fraction of sp³-hybridized carbons (Fsp3) is 0.479. The minimum Gasteiger partial charge on any atom is -0.491 e. The number of nitrogens with one attached hydrogen (secondary N) is 1. The van der Waals surface area contributed by atoms with Crippen molar-refractivity contribution in [1.82, 2.24) is 29.5 Å². The zero-order valence-electron chi connectivity index (χ0n) is 38.0. The molecule has 2 aliphatic carbocycles. The van der Waals surface area contributed by atoms with Crippen molar-refractivity contribution in [3.8, 4) is 23.0 Å². The lowest BCUT2D eigenvalue weighted by Crippen LogP contribution is -2.48. The molecule has 3 amide bonds. The van der Waals surface area contributed by atoms with Gasteiger partial charge in [-0.25, -0.2) is 18.4 Å². The summed E-state index contributed by atoms with van der Waals surface area (Å²) in [5.41, 5.74) is 0.712. The molecule has 2 aromatic carbocycles. The molecule has 3 aliphatic rings. The Balaban J connectivity index is 1.15. The number of nitrogens with zero attached hydrogens (tertiary/aromatic N) is 5. The molecule has 5 atom stereocenters. The number of para-hydroxylation sites is 1. The topological polar surface area (TPSA) is 191 Å². The summed E-state index contributed by atoms with van der Waals surface area (Å²) < 4.78 is 47.1. The smallest absolute Gasteiger partial charge is 0.265 e. The molecule has 2 saturated carbocycles. The number of ether oxygens (including phenoxy) is 2. The van der Waals surface area contributed by atoms with Crippen LogP contribution in [0.3, 0.4) is 0 Å². The largest absolute Gasteiger partial charge is 0.491 e. The molecule has 0 bridgehead atoms. The zero-order chi connectivity index (χ0) is 46.7. The van der Waals surface area contributed by atoms with E-state index in [0.717, 1.165) is 5.39 Å². The monoisotopic (exact) mass is 924 g/mol. The molecule has 1 N–H and O–H groups in total. The number of carbonyl (C=O) groups excluding carboxylic acids is 4. The predicted molar refractivity (Wildman–Crippen MR) is 247 cm³/mol. The fourth-order valence-corrected chi connectivity index (χ4v) is 11.2. The van der Waals surface area contributed by atoms with Gasteiger partial charge in [-0.05, 0) is 87.8 Å². The van der Waals surface area contributed by atoms with Crippen LogP contribution >= 0.6 is 11.3 Å². The van der Waals surface area contributed by atoms with Crippen LogP contribution in [0, 0.1) is 29.6 Å². The highest BCUT2D eigenvalue weighted by Crippen LogP contribution is 2.57. The number of aryl methyl sites for hydroxylation is 1. The van der Waals surface area contributed by atoms with Crippen LogP contribution < -0.4 is 14.2 Å². The van der Waals surface area contributed by atoms with Crippen molar-refractivity contribution < 1.29 is 41.5 Å². The number of amides is 3. The molecule has 65 heavy (non-hydrogen) atoms. The third kappa shape index (κ3) is 9.26. The van der Waals surface area contributed by atoms with Crippen molar-refractivity contribution in [1.29, 1.82) is 0 Å². The summed E-state index contributed by atoms with van der Waals surface area (Å²) in [6.45, 7) is 15.4. The first-order valence-corrected chi connectivity index (χ1v) is 24.4. The van der Waals surface area contributed by atoms with Crippen molar-refractivity contribution in [2.75, 3.05) is 20.6 Å². The minimum absolute atomic E-state index is 0.00841. The number of aromatic nitrogens is 3. The molecule has 344 valence electrons. The summed E-state index contributed by atoms with van der Waals surface area (Å²) >= 11 is 1.25. The fourth-order valence-electron chi connectivity index (χ4n) is 8.71. The van der Waals surface area contributed by atoms with Gasteiger partial charge in [0.15, 0.2) is 11.6 Å². The molecule has 0 radical (unpaired) electrons. The van der Waals surface area contributed by atoms with Crippen molar-refractivity contribution in [3.05, 3.63) is 76.8 Å². The summed E-state index contributed by atoms with van der Waals surface area (Å²) in [6, 6.07) is 13.8. The van der Waals surface area contributed by atoms with E-state index >= 15 is 4.79 Å². The standard InChI is InChI=1S/C48H56N6O9S2/c1-10-29-23-48(29,46(58)52-65(59,60)32-19-20-32)24-36(55)35-21-31(25-54(35)44(56)34(47(5,6)7)22-38-49-27(4)41(64-38)45(57)53(8)9)62-43-40-39(33-13-11-12-14-37(33)63-40)50-42(51-43)28-15-17-30(18-16-28)61-26(2)3/h10-18,26,29,31-32,34-35H,1,19-25H2,2-9H3,(H,52,58)/t29-,31-,34-,35+,48-/m1/s1. The number of furan rings is 1. The van der Waals surface area contributed by atoms with Gasteiger partial charge in [0.1, 0.15) is 27.8 Å². The molecule has 15 nitrogen and oxygen atoms in total. The maximum atomic E-state index is 15.2. The zero-order valence-corrected chi connectivity index (χ0v) is 39.7. The Morgan fingerprint density at radius 1 is 1.06 bits per heavy atom. The molecular formula is C48H56N6O9S2. The first-order valence-electron chi connectivity index (χ1n) is 22.0. The molecule has 3 fully saturated rings. The van der Waals surface area contributed by atoms with Crippen molar-refractivity contribution in [2.45, 2.75) is 104 Å². The minimum atomic E-state index is -3.90. The van der Waals surface area contributed by atoms with E-state index in [1.165, 1.54) is 16.2 Å². The van der Waals surface area contributed by atoms with Gasteiger partial charge in [-0.1, -0.05) is 39.0 Å². The van der Waals surface area contributed by atoms with Gasteiger partial charge in [0.05, 0.1) is 40.1 Å². The van der Waals surface area contributed by atoms with Crippen molar-refractivity contribution in [2.24, 2.45) is 22.7 Å². The van der Waals surface area contributed by atoms with Crippen LogP contribution in [0.5, 0.6) is 11.6 Å². The summed E-state index contributed by atoms with van der Waals surface area (Å²) in [5, 5.41) is 0.731. The van der Waals surface area contributed by atoms with Gasteiger partial charge >= 0.3 is 0 Å². The van der Waals surface area contributed by atoms with Gasteiger partial charge in [0.25, 0.3) is 11.8 Å². The summed E-state index contributed by atoms with van der Waals surface area (Å²) in [5.74, 6) is -1.56. The molecule has 1 aliphatic heterocycles. The molecule has 8 rings (SSSR count). The maximum Gasteiger partial charge on any atom is 0.265 e. The second kappa shape index (κ2) is 17.3. The SMILES string of the molecule is C=C[C@@H]1C[C@]1(CC(=O)[C@@H]1C[C@@H](Oc2nc(-c3ccc(OC(C)C)cc3)nc3c2oc2ccccc23)CN1C(=O)[C@@H](Cc1nc(C)c(C(=O)N(C)C)s1)C(C)(C)C)C(=O)NS(=O)(=O)C1CC1. The third-order valence-electron chi connectivity index (χ3n) is 12.6. The Bertz CT molecular complexity index is 2810.